The number of nitrogens with zero attached hydrogens (tertiary/aromatic N) is 1. The van der Waals surface area contributed by atoms with E-state index in [1.807, 2.05) is 6.92 Å². The van der Waals surface area contributed by atoms with Gasteiger partial charge in [0.1, 0.15) is 10.7 Å². The van der Waals surface area contributed by atoms with Gasteiger partial charge in [0.05, 0.1) is 5.39 Å². The quantitative estimate of drug-likeness (QED) is 0.821. The minimum atomic E-state index is 0.00546. The maximum Gasteiger partial charge on any atom is 0.260 e. The zero-order chi connectivity index (χ0) is 11.1. The molecule has 0 unspecified atom stereocenters. The summed E-state index contributed by atoms with van der Waals surface area (Å²) in [5, 5.41) is 0.771. The van der Waals surface area contributed by atoms with Crippen LogP contribution in [0.5, 0.6) is 0 Å². The molecule has 2 aromatic heterocycles. The third-order valence-corrected chi connectivity index (χ3v) is 4.04. The van der Waals surface area contributed by atoms with E-state index in [0.717, 1.165) is 40.9 Å². The molecule has 1 N–H and O–H groups in total. The fourth-order valence-electron chi connectivity index (χ4n) is 2.06. The van der Waals surface area contributed by atoms with E-state index in [2.05, 4.69) is 22.1 Å². The Balaban J connectivity index is 2.40. The Kier molecular flexibility index (Phi) is 2.17. The van der Waals surface area contributed by atoms with Crippen molar-refractivity contribution in [3.63, 3.8) is 0 Å². The molecule has 82 valence electrons. The average Bonchev–Trinajstić information content (AvgIpc) is 2.67. The first-order valence-corrected chi connectivity index (χ1v) is 6.32. The number of fused-ring (bicyclic) bond motifs is 3. The Hall–Kier alpha value is -1.42. The van der Waals surface area contributed by atoms with Crippen molar-refractivity contribution in [1.29, 1.82) is 0 Å². The van der Waals surface area contributed by atoms with Gasteiger partial charge in [-0.2, -0.15) is 0 Å². The number of allylic oxidation sites excluding steroid dienone is 1. The van der Waals surface area contributed by atoms with Gasteiger partial charge < -0.3 is 4.98 Å². The van der Waals surface area contributed by atoms with E-state index in [0.29, 0.717) is 0 Å². The predicted molar refractivity (Wildman–Crippen MR) is 67.0 cm³/mol. The van der Waals surface area contributed by atoms with Gasteiger partial charge in [0, 0.05) is 16.9 Å². The Labute approximate surface area is 96.8 Å². The number of rotatable bonds is 1. The molecular weight excluding hydrogens is 220 g/mol. The monoisotopic (exact) mass is 232 g/mol. The predicted octanol–water partition coefficient (Wildman–Crippen LogP) is 2.51. The minimum Gasteiger partial charge on any atom is -0.310 e. The number of thiophene rings is 1. The van der Waals surface area contributed by atoms with Gasteiger partial charge in [-0.15, -0.1) is 11.3 Å². The molecule has 2 heterocycles. The Morgan fingerprint density at radius 2 is 2.44 bits per heavy atom. The first-order chi connectivity index (χ1) is 7.79. The maximum absolute atomic E-state index is 12.0. The lowest BCUT2D eigenvalue weighted by molar-refractivity contribution is 0.947. The summed E-state index contributed by atoms with van der Waals surface area (Å²) in [4.78, 5) is 21.5. The van der Waals surface area contributed by atoms with Crippen molar-refractivity contribution in [2.45, 2.75) is 26.2 Å². The van der Waals surface area contributed by atoms with Crippen molar-refractivity contribution in [3.8, 4) is 0 Å². The number of nitrogens with one attached hydrogen (secondary N) is 1. The zero-order valence-corrected chi connectivity index (χ0v) is 9.86. The van der Waals surface area contributed by atoms with Crippen molar-refractivity contribution in [1.82, 2.24) is 9.97 Å². The van der Waals surface area contributed by atoms with Crippen molar-refractivity contribution in [2.24, 2.45) is 0 Å². The van der Waals surface area contributed by atoms with E-state index in [-0.39, 0.29) is 5.56 Å². The first-order valence-electron chi connectivity index (χ1n) is 5.50. The van der Waals surface area contributed by atoms with Crippen LogP contribution in [-0.4, -0.2) is 9.97 Å². The summed E-state index contributed by atoms with van der Waals surface area (Å²) < 4.78 is 0. The fraction of sp³-hybridized carbons (Fsp3) is 0.333. The lowest BCUT2D eigenvalue weighted by Gasteiger charge is -2.02. The summed E-state index contributed by atoms with van der Waals surface area (Å²) in [5.41, 5.74) is 1.09. The highest BCUT2D eigenvalue weighted by atomic mass is 32.1. The molecule has 0 saturated carbocycles. The van der Waals surface area contributed by atoms with E-state index in [9.17, 15) is 4.79 Å². The lowest BCUT2D eigenvalue weighted by atomic mass is 10.0. The average molecular weight is 232 g/mol. The van der Waals surface area contributed by atoms with Crippen LogP contribution >= 0.6 is 11.3 Å². The van der Waals surface area contributed by atoms with Crippen LogP contribution in [0.3, 0.4) is 0 Å². The Morgan fingerprint density at radius 1 is 1.56 bits per heavy atom. The molecule has 0 aromatic carbocycles. The van der Waals surface area contributed by atoms with Crippen LogP contribution in [0, 0.1) is 0 Å². The number of H-pyrrole nitrogens is 1. The lowest BCUT2D eigenvalue weighted by Crippen LogP contribution is -2.11. The van der Waals surface area contributed by atoms with Gasteiger partial charge in [-0.25, -0.2) is 4.98 Å². The van der Waals surface area contributed by atoms with Crippen LogP contribution in [0.25, 0.3) is 16.3 Å². The molecule has 1 aliphatic carbocycles. The van der Waals surface area contributed by atoms with Gasteiger partial charge in [-0.05, 0) is 12.8 Å². The number of hydrogen-bond acceptors (Lipinski definition) is 3. The molecule has 0 aliphatic heterocycles. The number of aryl methyl sites for hydroxylation is 2. The van der Waals surface area contributed by atoms with Gasteiger partial charge in [0.15, 0.2) is 0 Å². The first kappa shape index (κ1) is 9.78. The van der Waals surface area contributed by atoms with E-state index >= 15 is 0 Å². The summed E-state index contributed by atoms with van der Waals surface area (Å²) in [5.74, 6) is 0.778. The molecule has 0 atom stereocenters. The third-order valence-electron chi connectivity index (χ3n) is 2.88. The number of hydrogen-bond donors (Lipinski definition) is 1. The standard InChI is InChI=1S/C12H12N2OS/c1-2-9-13-11(15)10-7-5-3-4-6-8(7)16-12(10)14-9/h3,5H,2,4,6H2,1H3,(H,13,14,15). The van der Waals surface area contributed by atoms with E-state index in [4.69, 9.17) is 0 Å². The van der Waals surface area contributed by atoms with Crippen LogP contribution in [0.2, 0.25) is 0 Å². The zero-order valence-electron chi connectivity index (χ0n) is 9.04. The fourth-order valence-corrected chi connectivity index (χ4v) is 3.26. The molecule has 0 bridgehead atoms. The summed E-state index contributed by atoms with van der Waals surface area (Å²) in [6.07, 6.45) is 7.05. The minimum absolute atomic E-state index is 0.00546. The van der Waals surface area contributed by atoms with Gasteiger partial charge in [0.25, 0.3) is 5.56 Å². The smallest absolute Gasteiger partial charge is 0.260 e. The second-order valence-electron chi connectivity index (χ2n) is 3.93. The third kappa shape index (κ3) is 1.33. The van der Waals surface area contributed by atoms with Crippen LogP contribution in [0.4, 0.5) is 0 Å². The highest BCUT2D eigenvalue weighted by molar-refractivity contribution is 7.19. The molecule has 16 heavy (non-hydrogen) atoms. The molecule has 0 spiro atoms. The maximum atomic E-state index is 12.0. The summed E-state index contributed by atoms with van der Waals surface area (Å²) >= 11 is 1.66. The number of aromatic amines is 1. The molecule has 3 rings (SSSR count). The Morgan fingerprint density at radius 3 is 3.25 bits per heavy atom. The van der Waals surface area contributed by atoms with Crippen molar-refractivity contribution in [3.05, 3.63) is 32.7 Å². The van der Waals surface area contributed by atoms with Crippen LogP contribution in [0.15, 0.2) is 10.9 Å². The van der Waals surface area contributed by atoms with E-state index in [1.54, 1.807) is 11.3 Å². The van der Waals surface area contributed by atoms with Crippen molar-refractivity contribution < 1.29 is 0 Å². The van der Waals surface area contributed by atoms with Gasteiger partial charge in [-0.3, -0.25) is 4.79 Å². The van der Waals surface area contributed by atoms with Crippen LogP contribution in [-0.2, 0) is 12.8 Å². The SMILES string of the molecule is CCc1nc2sc3c(c2c(=O)[nH]1)C=CCC3. The summed E-state index contributed by atoms with van der Waals surface area (Å²) in [6, 6.07) is 0. The molecule has 2 aromatic rings. The van der Waals surface area contributed by atoms with Crippen LogP contribution in [0.1, 0.15) is 29.6 Å². The highest BCUT2D eigenvalue weighted by Gasteiger charge is 2.16. The second-order valence-corrected chi connectivity index (χ2v) is 5.01. The molecule has 3 nitrogen and oxygen atoms in total. The number of aromatic nitrogens is 2. The van der Waals surface area contributed by atoms with Crippen LogP contribution < -0.4 is 5.56 Å². The molecule has 0 saturated heterocycles. The molecule has 0 fully saturated rings. The molecule has 0 radical (unpaired) electrons. The van der Waals surface area contributed by atoms with Crippen molar-refractivity contribution >= 4 is 27.6 Å². The van der Waals surface area contributed by atoms with Gasteiger partial charge in [-0.1, -0.05) is 19.1 Å². The molecule has 4 heteroatoms. The molecule has 0 amide bonds. The Bertz CT molecular complexity index is 636. The van der Waals surface area contributed by atoms with Crippen molar-refractivity contribution in [2.75, 3.05) is 0 Å². The van der Waals surface area contributed by atoms with Gasteiger partial charge in [0.2, 0.25) is 0 Å². The van der Waals surface area contributed by atoms with E-state index in [1.165, 1.54) is 4.88 Å². The summed E-state index contributed by atoms with van der Waals surface area (Å²) in [6.45, 7) is 2.00. The normalized spacial score (nSPS) is 14.3. The molecule has 1 aliphatic rings. The topological polar surface area (TPSA) is 45.8 Å². The highest BCUT2D eigenvalue weighted by Crippen LogP contribution is 2.32. The molecular formula is C12H12N2OS. The summed E-state index contributed by atoms with van der Waals surface area (Å²) in [7, 11) is 0. The largest absolute Gasteiger partial charge is 0.310 e. The second kappa shape index (κ2) is 3.56. The van der Waals surface area contributed by atoms with E-state index < -0.39 is 0 Å². The van der Waals surface area contributed by atoms with Gasteiger partial charge >= 0.3 is 0 Å².